The molecule has 0 radical (unpaired) electrons. The molecule has 0 heterocycles. The van der Waals surface area contributed by atoms with Crippen LogP contribution in [0.3, 0.4) is 0 Å². The van der Waals surface area contributed by atoms with E-state index in [4.69, 9.17) is 4.74 Å². The molecule has 0 saturated carbocycles. The summed E-state index contributed by atoms with van der Waals surface area (Å²) in [7, 11) is 0. The van der Waals surface area contributed by atoms with Gasteiger partial charge in [-0.2, -0.15) is 0 Å². The lowest BCUT2D eigenvalue weighted by Gasteiger charge is -2.36. The summed E-state index contributed by atoms with van der Waals surface area (Å²) in [5.41, 5.74) is 1.72. The Morgan fingerprint density at radius 3 is 2.76 bits per heavy atom. The highest BCUT2D eigenvalue weighted by Crippen LogP contribution is 2.41. The van der Waals surface area contributed by atoms with Crippen molar-refractivity contribution in [2.45, 2.75) is 53.6 Å². The van der Waals surface area contributed by atoms with Crippen LogP contribution in [0.4, 0.5) is 0 Å². The van der Waals surface area contributed by atoms with Crippen LogP contribution in [-0.4, -0.2) is 12.1 Å². The Morgan fingerprint density at radius 2 is 2.24 bits per heavy atom. The molecular weight excluding hydrogens is 212 g/mol. The maximum absolute atomic E-state index is 10.8. The molecule has 17 heavy (non-hydrogen) atoms. The standard InChI is InChI=1S/C15H24O2/c1-11-7-6-10-15(4,5)14(11)9-8-12(2)17-13(3)16/h7-9,12,14H,6,10H2,1-5H3/b9-8+. The van der Waals surface area contributed by atoms with Gasteiger partial charge < -0.3 is 4.74 Å². The molecule has 2 heteroatoms. The second-order valence-electron chi connectivity index (χ2n) is 5.65. The van der Waals surface area contributed by atoms with Gasteiger partial charge in [-0.25, -0.2) is 0 Å². The highest BCUT2D eigenvalue weighted by atomic mass is 16.5. The quantitative estimate of drug-likeness (QED) is 0.549. The predicted octanol–water partition coefficient (Wildman–Crippen LogP) is 3.88. The summed E-state index contributed by atoms with van der Waals surface area (Å²) in [4.78, 5) is 10.8. The van der Waals surface area contributed by atoms with Crippen molar-refractivity contribution in [3.63, 3.8) is 0 Å². The van der Waals surface area contributed by atoms with Crippen molar-refractivity contribution >= 4 is 5.97 Å². The Labute approximate surface area is 105 Å². The summed E-state index contributed by atoms with van der Waals surface area (Å²) in [6, 6.07) is 0. The molecule has 2 nitrogen and oxygen atoms in total. The number of allylic oxidation sites excluding steroid dienone is 3. The van der Waals surface area contributed by atoms with Crippen LogP contribution in [0.2, 0.25) is 0 Å². The molecule has 1 rings (SSSR count). The van der Waals surface area contributed by atoms with Gasteiger partial charge in [-0.1, -0.05) is 31.6 Å². The van der Waals surface area contributed by atoms with Gasteiger partial charge >= 0.3 is 5.97 Å². The molecule has 0 aromatic rings. The van der Waals surface area contributed by atoms with E-state index in [0.717, 1.165) is 0 Å². The number of rotatable bonds is 3. The number of carbonyl (C=O) groups excluding carboxylic acids is 1. The normalized spacial score (nSPS) is 25.5. The van der Waals surface area contributed by atoms with Crippen LogP contribution in [0.1, 0.15) is 47.5 Å². The lowest BCUT2D eigenvalue weighted by atomic mass is 9.68. The van der Waals surface area contributed by atoms with Gasteiger partial charge in [0.15, 0.2) is 0 Å². The Kier molecular flexibility index (Phi) is 4.55. The lowest BCUT2D eigenvalue weighted by molar-refractivity contribution is -0.143. The average molecular weight is 236 g/mol. The van der Waals surface area contributed by atoms with Gasteiger partial charge in [-0.15, -0.1) is 0 Å². The van der Waals surface area contributed by atoms with Crippen LogP contribution in [0.5, 0.6) is 0 Å². The molecule has 0 spiro atoms. The number of hydrogen-bond acceptors (Lipinski definition) is 2. The first-order valence-corrected chi connectivity index (χ1v) is 6.35. The van der Waals surface area contributed by atoms with Gasteiger partial charge in [-0.3, -0.25) is 4.79 Å². The van der Waals surface area contributed by atoms with Gasteiger partial charge in [0.2, 0.25) is 0 Å². The van der Waals surface area contributed by atoms with Crippen molar-refractivity contribution in [1.29, 1.82) is 0 Å². The van der Waals surface area contributed by atoms with E-state index in [1.54, 1.807) is 0 Å². The number of carbonyl (C=O) groups is 1. The zero-order valence-corrected chi connectivity index (χ0v) is 11.6. The fraction of sp³-hybridized carbons (Fsp3) is 0.667. The minimum absolute atomic E-state index is 0.141. The maximum atomic E-state index is 10.8. The van der Waals surface area contributed by atoms with Crippen molar-refractivity contribution in [1.82, 2.24) is 0 Å². The van der Waals surface area contributed by atoms with Gasteiger partial charge in [0, 0.05) is 12.8 Å². The first-order chi connectivity index (χ1) is 7.83. The smallest absolute Gasteiger partial charge is 0.303 e. The Hall–Kier alpha value is -1.05. The van der Waals surface area contributed by atoms with Crippen molar-refractivity contribution in [3.05, 3.63) is 23.8 Å². The van der Waals surface area contributed by atoms with Gasteiger partial charge in [0.05, 0.1) is 0 Å². The fourth-order valence-electron chi connectivity index (χ4n) is 2.55. The molecule has 0 bridgehead atoms. The Bertz CT molecular complexity index is 337. The monoisotopic (exact) mass is 236 g/mol. The third-order valence-corrected chi connectivity index (χ3v) is 3.51. The number of hydrogen-bond donors (Lipinski definition) is 0. The molecule has 0 saturated heterocycles. The highest BCUT2D eigenvalue weighted by molar-refractivity contribution is 5.66. The molecule has 0 N–H and O–H groups in total. The first-order valence-electron chi connectivity index (χ1n) is 6.35. The second kappa shape index (κ2) is 5.52. The molecule has 1 aliphatic rings. The summed E-state index contributed by atoms with van der Waals surface area (Å²) in [6.45, 7) is 10.1. The molecule has 2 atom stereocenters. The lowest BCUT2D eigenvalue weighted by Crippen LogP contribution is -2.26. The third kappa shape index (κ3) is 4.03. The topological polar surface area (TPSA) is 26.3 Å². The summed E-state index contributed by atoms with van der Waals surface area (Å²) in [5.74, 6) is 0.228. The largest absolute Gasteiger partial charge is 0.459 e. The minimum Gasteiger partial charge on any atom is -0.459 e. The molecule has 96 valence electrons. The van der Waals surface area contributed by atoms with E-state index < -0.39 is 0 Å². The summed E-state index contributed by atoms with van der Waals surface area (Å²) < 4.78 is 5.10. The fourth-order valence-corrected chi connectivity index (χ4v) is 2.55. The number of esters is 1. The summed E-state index contributed by atoms with van der Waals surface area (Å²) >= 11 is 0. The van der Waals surface area contributed by atoms with Crippen LogP contribution < -0.4 is 0 Å². The molecule has 0 fully saturated rings. The van der Waals surface area contributed by atoms with E-state index in [2.05, 4.69) is 32.9 Å². The third-order valence-electron chi connectivity index (χ3n) is 3.51. The van der Waals surface area contributed by atoms with E-state index in [-0.39, 0.29) is 12.1 Å². The molecule has 1 aliphatic carbocycles. The van der Waals surface area contributed by atoms with Crippen LogP contribution in [0.25, 0.3) is 0 Å². The van der Waals surface area contributed by atoms with Crippen LogP contribution in [0, 0.1) is 11.3 Å². The van der Waals surface area contributed by atoms with Crippen LogP contribution in [0.15, 0.2) is 23.8 Å². The highest BCUT2D eigenvalue weighted by Gasteiger charge is 2.30. The van der Waals surface area contributed by atoms with E-state index in [0.29, 0.717) is 11.3 Å². The Balaban J connectivity index is 2.71. The number of ether oxygens (including phenoxy) is 1. The van der Waals surface area contributed by atoms with E-state index >= 15 is 0 Å². The molecule has 0 aromatic carbocycles. The summed E-state index contributed by atoms with van der Waals surface area (Å²) in [5, 5.41) is 0. The zero-order valence-electron chi connectivity index (χ0n) is 11.6. The van der Waals surface area contributed by atoms with Crippen molar-refractivity contribution < 1.29 is 9.53 Å². The van der Waals surface area contributed by atoms with E-state index in [1.807, 2.05) is 13.0 Å². The predicted molar refractivity (Wildman–Crippen MR) is 70.6 cm³/mol. The molecule has 2 unspecified atom stereocenters. The van der Waals surface area contributed by atoms with Crippen LogP contribution >= 0.6 is 0 Å². The van der Waals surface area contributed by atoms with E-state index in [1.165, 1.54) is 25.3 Å². The van der Waals surface area contributed by atoms with Gasteiger partial charge in [0.1, 0.15) is 6.10 Å². The van der Waals surface area contributed by atoms with E-state index in [9.17, 15) is 4.79 Å². The first kappa shape index (κ1) is 14.0. The minimum atomic E-state index is -0.225. The maximum Gasteiger partial charge on any atom is 0.303 e. The van der Waals surface area contributed by atoms with Crippen molar-refractivity contribution in [3.8, 4) is 0 Å². The molecule has 0 aromatic heterocycles. The molecule has 0 aliphatic heterocycles. The van der Waals surface area contributed by atoms with Crippen LogP contribution in [-0.2, 0) is 9.53 Å². The summed E-state index contributed by atoms with van der Waals surface area (Å²) in [6.07, 6.45) is 8.74. The molecular formula is C15H24O2. The Morgan fingerprint density at radius 1 is 1.59 bits per heavy atom. The second-order valence-corrected chi connectivity index (χ2v) is 5.65. The molecule has 0 amide bonds. The van der Waals surface area contributed by atoms with Crippen molar-refractivity contribution in [2.24, 2.45) is 11.3 Å². The average Bonchev–Trinajstić information content (AvgIpc) is 2.14. The van der Waals surface area contributed by atoms with Crippen molar-refractivity contribution in [2.75, 3.05) is 0 Å². The van der Waals surface area contributed by atoms with Gasteiger partial charge in [-0.05, 0) is 38.2 Å². The zero-order chi connectivity index (χ0) is 13.1. The van der Waals surface area contributed by atoms with Gasteiger partial charge in [0.25, 0.3) is 0 Å². The SMILES string of the molecule is CC(=O)OC(C)/C=C/C1C(C)=CCCC1(C)C.